The molecule has 0 saturated carbocycles. The SMILES string of the molecule is CCCCN(C)C(=O)COc1cccc(N2CCCC2=O)c1. The van der Waals surface area contributed by atoms with E-state index in [4.69, 9.17) is 4.74 Å². The van der Waals surface area contributed by atoms with E-state index >= 15 is 0 Å². The molecule has 1 aliphatic rings. The second-order valence-corrected chi connectivity index (χ2v) is 5.60. The van der Waals surface area contributed by atoms with E-state index in [1.54, 1.807) is 16.8 Å². The molecule has 0 atom stereocenters. The van der Waals surface area contributed by atoms with Crippen LogP contribution >= 0.6 is 0 Å². The van der Waals surface area contributed by atoms with E-state index in [9.17, 15) is 9.59 Å². The van der Waals surface area contributed by atoms with Crippen LogP contribution in [0.2, 0.25) is 0 Å². The van der Waals surface area contributed by atoms with Crippen LogP contribution in [0.1, 0.15) is 32.6 Å². The largest absolute Gasteiger partial charge is 0.484 e. The summed E-state index contributed by atoms with van der Waals surface area (Å²) in [5, 5.41) is 0. The van der Waals surface area contributed by atoms with Gasteiger partial charge in [0, 0.05) is 38.3 Å². The van der Waals surface area contributed by atoms with Crippen molar-refractivity contribution < 1.29 is 14.3 Å². The topological polar surface area (TPSA) is 49.9 Å². The van der Waals surface area contributed by atoms with Gasteiger partial charge in [0.15, 0.2) is 6.61 Å². The molecule has 0 aromatic heterocycles. The van der Waals surface area contributed by atoms with Crippen molar-refractivity contribution >= 4 is 17.5 Å². The van der Waals surface area contributed by atoms with Crippen LogP contribution < -0.4 is 9.64 Å². The number of benzene rings is 1. The Morgan fingerprint density at radius 3 is 2.91 bits per heavy atom. The molecule has 120 valence electrons. The third-order valence-electron chi connectivity index (χ3n) is 3.84. The summed E-state index contributed by atoms with van der Waals surface area (Å²) in [6.45, 7) is 3.62. The smallest absolute Gasteiger partial charge is 0.260 e. The van der Waals surface area contributed by atoms with Gasteiger partial charge >= 0.3 is 0 Å². The van der Waals surface area contributed by atoms with E-state index in [2.05, 4.69) is 6.92 Å². The fourth-order valence-corrected chi connectivity index (χ4v) is 2.44. The minimum Gasteiger partial charge on any atom is -0.484 e. The molecule has 0 unspecified atom stereocenters. The zero-order valence-corrected chi connectivity index (χ0v) is 13.4. The lowest BCUT2D eigenvalue weighted by atomic mass is 10.3. The van der Waals surface area contributed by atoms with Crippen molar-refractivity contribution in [2.75, 3.05) is 31.6 Å². The highest BCUT2D eigenvalue weighted by molar-refractivity contribution is 5.95. The number of rotatable bonds is 7. The molecule has 0 radical (unpaired) electrons. The number of unbranched alkanes of at least 4 members (excludes halogenated alkanes) is 1. The van der Waals surface area contributed by atoms with Crippen LogP contribution in [-0.4, -0.2) is 43.5 Å². The minimum atomic E-state index is -0.0314. The van der Waals surface area contributed by atoms with Gasteiger partial charge in [0.1, 0.15) is 5.75 Å². The molecule has 1 heterocycles. The first kappa shape index (κ1) is 16.3. The van der Waals surface area contributed by atoms with E-state index < -0.39 is 0 Å². The Morgan fingerprint density at radius 1 is 1.41 bits per heavy atom. The van der Waals surface area contributed by atoms with Crippen LogP contribution in [0.25, 0.3) is 0 Å². The molecule has 1 saturated heterocycles. The Bertz CT molecular complexity index is 530. The van der Waals surface area contributed by atoms with Gasteiger partial charge in [-0.15, -0.1) is 0 Å². The number of anilines is 1. The van der Waals surface area contributed by atoms with Gasteiger partial charge in [-0.3, -0.25) is 9.59 Å². The highest BCUT2D eigenvalue weighted by Gasteiger charge is 2.21. The number of ether oxygens (including phenoxy) is 1. The number of amides is 2. The van der Waals surface area contributed by atoms with Gasteiger partial charge in [-0.25, -0.2) is 0 Å². The molecule has 0 aliphatic carbocycles. The molecular formula is C17H24N2O3. The molecule has 5 heteroatoms. The maximum atomic E-state index is 12.0. The summed E-state index contributed by atoms with van der Waals surface area (Å²) in [5.41, 5.74) is 0.840. The monoisotopic (exact) mass is 304 g/mol. The van der Waals surface area contributed by atoms with Crippen LogP contribution in [0.3, 0.4) is 0 Å². The predicted molar refractivity (Wildman–Crippen MR) is 86.1 cm³/mol. The second-order valence-electron chi connectivity index (χ2n) is 5.60. The van der Waals surface area contributed by atoms with Crippen LogP contribution in [0.15, 0.2) is 24.3 Å². The van der Waals surface area contributed by atoms with Crippen molar-refractivity contribution in [2.45, 2.75) is 32.6 Å². The lowest BCUT2D eigenvalue weighted by Gasteiger charge is -2.18. The number of hydrogen-bond donors (Lipinski definition) is 0. The molecule has 1 aromatic rings. The summed E-state index contributed by atoms with van der Waals surface area (Å²) in [6.07, 6.45) is 3.55. The van der Waals surface area contributed by atoms with Crippen molar-refractivity contribution in [3.8, 4) is 5.75 Å². The van der Waals surface area contributed by atoms with E-state index in [1.807, 2.05) is 24.3 Å². The number of likely N-dealkylation sites (N-methyl/N-ethyl adjacent to an activating group) is 1. The van der Waals surface area contributed by atoms with E-state index in [0.717, 1.165) is 38.0 Å². The van der Waals surface area contributed by atoms with Gasteiger partial charge in [0.2, 0.25) is 5.91 Å². The molecule has 1 aromatic carbocycles. The van der Waals surface area contributed by atoms with Crippen LogP contribution in [0.5, 0.6) is 5.75 Å². The summed E-state index contributed by atoms with van der Waals surface area (Å²) in [7, 11) is 1.79. The molecule has 1 aliphatic heterocycles. The molecule has 0 N–H and O–H groups in total. The zero-order chi connectivity index (χ0) is 15.9. The molecule has 1 fully saturated rings. The number of hydrogen-bond acceptors (Lipinski definition) is 3. The third-order valence-corrected chi connectivity index (χ3v) is 3.84. The predicted octanol–water partition coefficient (Wildman–Crippen LogP) is 2.45. The van der Waals surface area contributed by atoms with E-state index in [0.29, 0.717) is 12.2 Å². The molecule has 2 rings (SSSR count). The van der Waals surface area contributed by atoms with Crippen molar-refractivity contribution in [3.05, 3.63) is 24.3 Å². The van der Waals surface area contributed by atoms with E-state index in [1.165, 1.54) is 0 Å². The Hall–Kier alpha value is -2.04. The maximum Gasteiger partial charge on any atom is 0.260 e. The van der Waals surface area contributed by atoms with Gasteiger partial charge in [-0.2, -0.15) is 0 Å². The number of carbonyl (C=O) groups is 2. The first-order valence-corrected chi connectivity index (χ1v) is 7.89. The maximum absolute atomic E-state index is 12.0. The molecular weight excluding hydrogens is 280 g/mol. The lowest BCUT2D eigenvalue weighted by molar-refractivity contribution is -0.132. The average Bonchev–Trinajstić information content (AvgIpc) is 2.96. The number of carbonyl (C=O) groups excluding carboxylic acids is 2. The molecule has 0 bridgehead atoms. The summed E-state index contributed by atoms with van der Waals surface area (Å²) in [6, 6.07) is 7.37. The first-order chi connectivity index (χ1) is 10.6. The van der Waals surface area contributed by atoms with Gasteiger partial charge in [-0.1, -0.05) is 19.4 Å². The van der Waals surface area contributed by atoms with Crippen LogP contribution in [0, 0.1) is 0 Å². The van der Waals surface area contributed by atoms with Crippen molar-refractivity contribution in [2.24, 2.45) is 0 Å². The van der Waals surface area contributed by atoms with Gasteiger partial charge in [-0.05, 0) is 25.0 Å². The lowest BCUT2D eigenvalue weighted by Crippen LogP contribution is -2.32. The van der Waals surface area contributed by atoms with Gasteiger partial charge < -0.3 is 14.5 Å². The molecule has 5 nitrogen and oxygen atoms in total. The Balaban J connectivity index is 1.90. The Labute approximate surface area is 131 Å². The van der Waals surface area contributed by atoms with Gasteiger partial charge in [0.25, 0.3) is 5.91 Å². The first-order valence-electron chi connectivity index (χ1n) is 7.89. The fourth-order valence-electron chi connectivity index (χ4n) is 2.44. The normalized spacial score (nSPS) is 14.3. The molecule has 0 spiro atoms. The molecule has 22 heavy (non-hydrogen) atoms. The average molecular weight is 304 g/mol. The van der Waals surface area contributed by atoms with Crippen molar-refractivity contribution in [1.29, 1.82) is 0 Å². The summed E-state index contributed by atoms with van der Waals surface area (Å²) >= 11 is 0. The fraction of sp³-hybridized carbons (Fsp3) is 0.529. The van der Waals surface area contributed by atoms with Crippen LogP contribution in [-0.2, 0) is 9.59 Å². The Morgan fingerprint density at radius 2 is 2.23 bits per heavy atom. The summed E-state index contributed by atoms with van der Waals surface area (Å²) in [4.78, 5) is 27.2. The second kappa shape index (κ2) is 7.82. The third kappa shape index (κ3) is 4.23. The zero-order valence-electron chi connectivity index (χ0n) is 13.4. The van der Waals surface area contributed by atoms with Gasteiger partial charge in [0.05, 0.1) is 0 Å². The highest BCUT2D eigenvalue weighted by Crippen LogP contribution is 2.25. The number of nitrogens with zero attached hydrogens (tertiary/aromatic N) is 2. The standard InChI is InChI=1S/C17H24N2O3/c1-3-4-10-18(2)17(21)13-22-15-8-5-7-14(12-15)19-11-6-9-16(19)20/h5,7-8,12H,3-4,6,9-11,13H2,1-2H3. The van der Waals surface area contributed by atoms with Crippen molar-refractivity contribution in [1.82, 2.24) is 4.90 Å². The van der Waals surface area contributed by atoms with Crippen LogP contribution in [0.4, 0.5) is 5.69 Å². The quantitative estimate of drug-likeness (QED) is 0.777. The van der Waals surface area contributed by atoms with Crippen molar-refractivity contribution in [3.63, 3.8) is 0 Å². The summed E-state index contributed by atoms with van der Waals surface area (Å²) < 4.78 is 5.58. The highest BCUT2D eigenvalue weighted by atomic mass is 16.5. The van der Waals surface area contributed by atoms with E-state index in [-0.39, 0.29) is 18.4 Å². The summed E-state index contributed by atoms with van der Waals surface area (Å²) in [5.74, 6) is 0.734. The minimum absolute atomic E-state index is 0.0254. The molecule has 2 amide bonds. The Kier molecular flexibility index (Phi) is 5.81.